The van der Waals surface area contributed by atoms with Crippen molar-refractivity contribution in [3.05, 3.63) is 10.1 Å². The second kappa shape index (κ2) is 9.69. The fourth-order valence-electron chi connectivity index (χ4n) is 5.95. The van der Waals surface area contributed by atoms with E-state index in [0.717, 1.165) is 24.3 Å². The maximum atomic E-state index is 13.1. The first kappa shape index (κ1) is 23.5. The summed E-state index contributed by atoms with van der Waals surface area (Å²) in [5.41, 5.74) is -0.739. The average Bonchev–Trinajstić information content (AvgIpc) is 2.76. The minimum absolute atomic E-state index is 0.00739. The Balaban J connectivity index is 1.58. The van der Waals surface area contributed by atoms with Gasteiger partial charge < -0.3 is 9.47 Å². The second-order valence-corrected chi connectivity index (χ2v) is 12.9. The number of rotatable bonds is 5. The molecule has 2 aliphatic heterocycles. The smallest absolute Gasteiger partial charge is 0.224 e. The van der Waals surface area contributed by atoms with Crippen molar-refractivity contribution in [2.45, 2.75) is 81.1 Å². The topological polar surface area (TPSA) is 95.7 Å². The molecule has 3 unspecified atom stereocenters. The Morgan fingerprint density at radius 3 is 2.45 bits per heavy atom. The molecule has 0 radical (unpaired) electrons. The first-order valence-electron chi connectivity index (χ1n) is 11.5. The minimum Gasteiger partial charge on any atom is -0.352 e. The molecule has 2 saturated carbocycles. The summed E-state index contributed by atoms with van der Waals surface area (Å²) in [6.07, 6.45) is 5.23. The molecule has 0 aromatic rings. The molecule has 2 saturated heterocycles. The van der Waals surface area contributed by atoms with Crippen LogP contribution < -0.4 is 0 Å². The number of carbonyl (C=O) groups is 2. The molecule has 0 aromatic carbocycles. The van der Waals surface area contributed by atoms with E-state index in [2.05, 4.69) is 0 Å². The van der Waals surface area contributed by atoms with E-state index in [4.69, 9.17) is 9.47 Å². The highest BCUT2D eigenvalue weighted by Gasteiger charge is 2.57. The van der Waals surface area contributed by atoms with Gasteiger partial charge in [0, 0.05) is 35.5 Å². The molecule has 0 N–H and O–H groups in total. The van der Waals surface area contributed by atoms with Crippen LogP contribution in [0.25, 0.3) is 0 Å². The first-order valence-corrected chi connectivity index (χ1v) is 13.5. The second-order valence-electron chi connectivity index (χ2n) is 9.65. The van der Waals surface area contributed by atoms with Gasteiger partial charge in [-0.1, -0.05) is 6.92 Å². The molecule has 0 bridgehead atoms. The molecule has 4 aliphatic rings. The summed E-state index contributed by atoms with van der Waals surface area (Å²) < 4.78 is 11.7. The first-order chi connectivity index (χ1) is 14.8. The maximum Gasteiger partial charge on any atom is 0.224 e. The molecule has 0 aromatic heterocycles. The molecule has 4 fully saturated rings. The largest absolute Gasteiger partial charge is 0.352 e. The maximum absolute atomic E-state index is 13.1. The van der Waals surface area contributed by atoms with Crippen LogP contribution in [0.4, 0.5) is 0 Å². The molecular weight excluding hydrogens is 438 g/mol. The summed E-state index contributed by atoms with van der Waals surface area (Å²) in [5.74, 6) is 1.09. The van der Waals surface area contributed by atoms with Gasteiger partial charge in [-0.15, -0.1) is 23.5 Å². The molecule has 0 amide bonds. The Kier molecular flexibility index (Phi) is 7.35. The molecule has 4 rings (SSSR count). The van der Waals surface area contributed by atoms with Gasteiger partial charge in [-0.25, -0.2) is 0 Å². The lowest BCUT2D eigenvalue weighted by Gasteiger charge is -2.47. The molecule has 31 heavy (non-hydrogen) atoms. The van der Waals surface area contributed by atoms with E-state index in [9.17, 15) is 19.7 Å². The third kappa shape index (κ3) is 4.84. The molecule has 9 heteroatoms. The number of Topliss-reactive ketones (excluding diaryl/α,β-unsaturated/α-hetero) is 2. The Morgan fingerprint density at radius 1 is 1.06 bits per heavy atom. The van der Waals surface area contributed by atoms with E-state index in [1.807, 2.05) is 30.4 Å². The van der Waals surface area contributed by atoms with Gasteiger partial charge in [0.15, 0.2) is 6.29 Å². The molecule has 2 aliphatic carbocycles. The van der Waals surface area contributed by atoms with Crippen molar-refractivity contribution in [2.24, 2.45) is 17.3 Å². The Labute approximate surface area is 192 Å². The van der Waals surface area contributed by atoms with Crippen LogP contribution in [0.15, 0.2) is 0 Å². The number of thioether (sulfide) groups is 2. The zero-order chi connectivity index (χ0) is 22.1. The van der Waals surface area contributed by atoms with Gasteiger partial charge in [-0.05, 0) is 50.0 Å². The van der Waals surface area contributed by atoms with Crippen molar-refractivity contribution < 1.29 is 24.0 Å². The number of carbonyl (C=O) groups excluding carboxylic acids is 2. The molecule has 1 spiro atoms. The average molecular weight is 472 g/mol. The van der Waals surface area contributed by atoms with Crippen LogP contribution in [0, 0.1) is 27.4 Å². The number of ketones is 2. The summed E-state index contributed by atoms with van der Waals surface area (Å²) in [7, 11) is 0. The molecule has 2 heterocycles. The Morgan fingerprint density at radius 2 is 1.77 bits per heavy atom. The van der Waals surface area contributed by atoms with Crippen LogP contribution in [0.5, 0.6) is 0 Å². The highest BCUT2D eigenvalue weighted by Crippen LogP contribution is 2.54. The predicted octanol–water partition coefficient (Wildman–Crippen LogP) is 4.10. The highest BCUT2D eigenvalue weighted by molar-refractivity contribution is 8.18. The quantitative estimate of drug-likeness (QED) is 0.437. The monoisotopic (exact) mass is 471 g/mol. The number of nitrogens with zero attached hydrogens (tertiary/aromatic N) is 1. The lowest BCUT2D eigenvalue weighted by atomic mass is 9.62. The SMILES string of the molecule is C[C@@]1(C2OCCCO2)CCCC(=O)C1C(CC1CC2(CCC1=O)SCCCS2)[N+](=O)[O-]. The number of nitro groups is 1. The minimum atomic E-state index is -1.07. The van der Waals surface area contributed by atoms with Gasteiger partial charge in [-0.2, -0.15) is 0 Å². The number of ether oxygens (including phenoxy) is 2. The Bertz CT molecular complexity index is 706. The standard InChI is InChI=1S/C22H33NO6S2/c1-21(20-28-9-3-10-29-20)7-2-5-18(25)19(21)16(23(26)27)13-15-14-22(8-6-17(15)24)30-11-4-12-31-22/h15-16,19-20H,2-14H2,1H3/t15?,16?,19?,21-/m1/s1. The van der Waals surface area contributed by atoms with Gasteiger partial charge in [0.05, 0.1) is 23.2 Å². The summed E-state index contributed by atoms with van der Waals surface area (Å²) in [6.45, 7) is 3.00. The molecule has 174 valence electrons. The molecule has 4 atom stereocenters. The van der Waals surface area contributed by atoms with Crippen molar-refractivity contribution in [1.82, 2.24) is 0 Å². The summed E-state index contributed by atoms with van der Waals surface area (Å²) in [4.78, 5) is 38.0. The van der Waals surface area contributed by atoms with E-state index in [0.29, 0.717) is 45.3 Å². The summed E-state index contributed by atoms with van der Waals surface area (Å²) >= 11 is 3.84. The zero-order valence-electron chi connectivity index (χ0n) is 18.2. The number of hydrogen-bond donors (Lipinski definition) is 0. The van der Waals surface area contributed by atoms with E-state index in [1.165, 1.54) is 6.42 Å². The van der Waals surface area contributed by atoms with Crippen molar-refractivity contribution in [2.75, 3.05) is 24.7 Å². The van der Waals surface area contributed by atoms with E-state index in [1.54, 1.807) is 0 Å². The summed E-state index contributed by atoms with van der Waals surface area (Å²) in [5, 5.41) is 12.3. The van der Waals surface area contributed by atoms with Gasteiger partial charge in [0.25, 0.3) is 0 Å². The Hall–Kier alpha value is -0.640. The van der Waals surface area contributed by atoms with Crippen molar-refractivity contribution in [1.29, 1.82) is 0 Å². The molecule has 7 nitrogen and oxygen atoms in total. The summed E-state index contributed by atoms with van der Waals surface area (Å²) in [6, 6.07) is -1.07. The molecular formula is C22H33NO6S2. The van der Waals surface area contributed by atoms with Gasteiger partial charge >= 0.3 is 0 Å². The third-order valence-corrected chi connectivity index (χ3v) is 11.0. The fourth-order valence-corrected chi connectivity index (χ4v) is 9.42. The lowest BCUT2D eigenvalue weighted by molar-refractivity contribution is -0.537. The van der Waals surface area contributed by atoms with Crippen LogP contribution >= 0.6 is 23.5 Å². The highest BCUT2D eigenvalue weighted by atomic mass is 32.2. The van der Waals surface area contributed by atoms with Crippen molar-refractivity contribution in [3.8, 4) is 0 Å². The van der Waals surface area contributed by atoms with Gasteiger partial charge in [0.2, 0.25) is 6.04 Å². The van der Waals surface area contributed by atoms with E-state index in [-0.39, 0.29) is 32.9 Å². The van der Waals surface area contributed by atoms with Crippen LogP contribution in [0.3, 0.4) is 0 Å². The lowest BCUT2D eigenvalue weighted by Crippen LogP contribution is -2.56. The third-order valence-electron chi connectivity index (χ3n) is 7.53. The van der Waals surface area contributed by atoms with Crippen LogP contribution in [0.2, 0.25) is 0 Å². The van der Waals surface area contributed by atoms with Crippen molar-refractivity contribution in [3.63, 3.8) is 0 Å². The normalized spacial score (nSPS) is 35.8. The van der Waals surface area contributed by atoms with Crippen LogP contribution in [0.1, 0.15) is 64.7 Å². The fraction of sp³-hybridized carbons (Fsp3) is 0.909. The van der Waals surface area contributed by atoms with Gasteiger partial charge in [-0.3, -0.25) is 19.7 Å². The van der Waals surface area contributed by atoms with Crippen molar-refractivity contribution >= 4 is 35.1 Å². The van der Waals surface area contributed by atoms with Crippen LogP contribution in [-0.2, 0) is 19.1 Å². The van der Waals surface area contributed by atoms with E-state index < -0.39 is 23.7 Å². The van der Waals surface area contributed by atoms with Crippen LogP contribution in [-0.4, -0.2) is 57.6 Å². The predicted molar refractivity (Wildman–Crippen MR) is 121 cm³/mol. The van der Waals surface area contributed by atoms with Gasteiger partial charge in [0.1, 0.15) is 11.6 Å². The zero-order valence-corrected chi connectivity index (χ0v) is 19.8. The number of hydrogen-bond acceptors (Lipinski definition) is 8. The van der Waals surface area contributed by atoms with E-state index >= 15 is 0 Å².